The van der Waals surface area contributed by atoms with Crippen LogP contribution >= 0.6 is 24.8 Å². The lowest BCUT2D eigenvalue weighted by Gasteiger charge is -2.37. The van der Waals surface area contributed by atoms with Crippen LogP contribution in [-0.4, -0.2) is 97.1 Å². The molecule has 0 spiro atoms. The maximum Gasteiger partial charge on any atom is 0.228 e. The van der Waals surface area contributed by atoms with Crippen LogP contribution < -0.4 is 5.32 Å². The lowest BCUT2D eigenvalue weighted by molar-refractivity contribution is -0.139. The Morgan fingerprint density at radius 2 is 2.00 bits per heavy atom. The summed E-state index contributed by atoms with van der Waals surface area (Å²) in [6.45, 7) is 7.58. The molecule has 2 unspecified atom stereocenters. The first kappa shape index (κ1) is 24.8. The van der Waals surface area contributed by atoms with Gasteiger partial charge in [0.2, 0.25) is 11.8 Å². The number of piperazine rings is 1. The van der Waals surface area contributed by atoms with E-state index in [1.807, 2.05) is 28.1 Å². The third-order valence-electron chi connectivity index (χ3n) is 5.95. The van der Waals surface area contributed by atoms with Gasteiger partial charge in [-0.1, -0.05) is 6.07 Å². The first-order valence-electron chi connectivity index (χ1n) is 10.2. The lowest BCUT2D eigenvalue weighted by Crippen LogP contribution is -2.51. The highest BCUT2D eigenvalue weighted by Crippen LogP contribution is 2.27. The van der Waals surface area contributed by atoms with Crippen molar-refractivity contribution in [2.24, 2.45) is 5.92 Å². The Morgan fingerprint density at radius 1 is 1.20 bits per heavy atom. The Morgan fingerprint density at radius 3 is 2.73 bits per heavy atom. The third kappa shape index (κ3) is 5.82. The van der Waals surface area contributed by atoms with Crippen LogP contribution in [0.1, 0.15) is 18.0 Å². The van der Waals surface area contributed by atoms with E-state index in [2.05, 4.69) is 15.2 Å². The number of likely N-dealkylation sites (tertiary alicyclic amines) is 1. The van der Waals surface area contributed by atoms with Gasteiger partial charge in [0.05, 0.1) is 25.2 Å². The van der Waals surface area contributed by atoms with Gasteiger partial charge in [0.25, 0.3) is 0 Å². The summed E-state index contributed by atoms with van der Waals surface area (Å²) in [5.74, 6) is -0.0493. The van der Waals surface area contributed by atoms with Crippen molar-refractivity contribution < 1.29 is 14.3 Å². The molecular formula is C20H31Cl2N5O3. The van der Waals surface area contributed by atoms with Crippen LogP contribution in [0.3, 0.4) is 0 Å². The molecule has 0 radical (unpaired) electrons. The topological polar surface area (TPSA) is 78.0 Å². The van der Waals surface area contributed by atoms with Gasteiger partial charge in [-0.25, -0.2) is 0 Å². The van der Waals surface area contributed by atoms with Crippen molar-refractivity contribution in [3.05, 3.63) is 30.1 Å². The summed E-state index contributed by atoms with van der Waals surface area (Å²) < 4.78 is 5.37. The van der Waals surface area contributed by atoms with Crippen molar-refractivity contribution in [1.29, 1.82) is 0 Å². The predicted octanol–water partition coefficient (Wildman–Crippen LogP) is 0.579. The average molecular weight is 460 g/mol. The molecule has 8 nitrogen and oxygen atoms in total. The Kier molecular flexibility index (Phi) is 9.77. The maximum atomic E-state index is 13.3. The van der Waals surface area contributed by atoms with E-state index in [-0.39, 0.29) is 48.6 Å². The fraction of sp³-hybridized carbons (Fsp3) is 0.650. The van der Waals surface area contributed by atoms with E-state index in [0.29, 0.717) is 26.1 Å². The number of nitrogens with one attached hydrogen (secondary N) is 1. The lowest BCUT2D eigenvalue weighted by atomic mass is 10.0. The second-order valence-corrected chi connectivity index (χ2v) is 7.73. The van der Waals surface area contributed by atoms with Crippen LogP contribution in [0, 0.1) is 5.92 Å². The molecule has 1 aromatic heterocycles. The minimum Gasteiger partial charge on any atom is -0.379 e. The van der Waals surface area contributed by atoms with Gasteiger partial charge in [0.15, 0.2) is 0 Å². The van der Waals surface area contributed by atoms with E-state index in [1.54, 1.807) is 6.20 Å². The number of hydrogen-bond acceptors (Lipinski definition) is 6. The van der Waals surface area contributed by atoms with Gasteiger partial charge in [-0.05, 0) is 11.6 Å². The number of aromatic nitrogens is 1. The molecule has 0 saturated carbocycles. The number of rotatable bonds is 5. The quantitative estimate of drug-likeness (QED) is 0.693. The summed E-state index contributed by atoms with van der Waals surface area (Å²) in [6.07, 6.45) is 3.89. The number of carbonyl (C=O) groups is 2. The predicted molar refractivity (Wildman–Crippen MR) is 118 cm³/mol. The van der Waals surface area contributed by atoms with Crippen molar-refractivity contribution in [1.82, 2.24) is 25.0 Å². The summed E-state index contributed by atoms with van der Waals surface area (Å²) in [5.41, 5.74) is 1.04. The SMILES string of the molecule is Cl.Cl.O=C1CC(C(=O)N2CCNCC2c2cccnc2)CN1CCN1CCOCC1. The molecule has 4 rings (SSSR count). The monoisotopic (exact) mass is 459 g/mol. The Hall–Kier alpha value is -1.45. The Labute approximate surface area is 190 Å². The molecule has 0 aromatic carbocycles. The molecule has 4 heterocycles. The van der Waals surface area contributed by atoms with E-state index >= 15 is 0 Å². The van der Waals surface area contributed by atoms with Crippen LogP contribution in [0.25, 0.3) is 0 Å². The molecule has 0 aliphatic carbocycles. The minimum atomic E-state index is -0.241. The van der Waals surface area contributed by atoms with E-state index in [1.165, 1.54) is 0 Å². The van der Waals surface area contributed by atoms with E-state index in [4.69, 9.17) is 4.74 Å². The fourth-order valence-electron chi connectivity index (χ4n) is 4.31. The van der Waals surface area contributed by atoms with E-state index in [9.17, 15) is 9.59 Å². The molecule has 3 saturated heterocycles. The minimum absolute atomic E-state index is 0. The van der Waals surface area contributed by atoms with Gasteiger partial charge >= 0.3 is 0 Å². The Balaban J connectivity index is 0.00000160. The van der Waals surface area contributed by atoms with Gasteiger partial charge in [-0.15, -0.1) is 24.8 Å². The van der Waals surface area contributed by atoms with Gasteiger partial charge in [-0.2, -0.15) is 0 Å². The number of halogens is 2. The van der Waals surface area contributed by atoms with E-state index in [0.717, 1.165) is 51.5 Å². The van der Waals surface area contributed by atoms with Gasteiger partial charge in [0, 0.05) is 71.2 Å². The first-order valence-corrected chi connectivity index (χ1v) is 10.2. The number of pyridine rings is 1. The number of hydrogen-bond donors (Lipinski definition) is 1. The van der Waals surface area contributed by atoms with Gasteiger partial charge in [-0.3, -0.25) is 19.5 Å². The van der Waals surface area contributed by atoms with Crippen molar-refractivity contribution in [3.63, 3.8) is 0 Å². The number of ether oxygens (including phenoxy) is 1. The summed E-state index contributed by atoms with van der Waals surface area (Å²) >= 11 is 0. The van der Waals surface area contributed by atoms with Crippen LogP contribution in [0.4, 0.5) is 0 Å². The smallest absolute Gasteiger partial charge is 0.228 e. The van der Waals surface area contributed by atoms with E-state index < -0.39 is 0 Å². The molecule has 1 aromatic rings. The van der Waals surface area contributed by atoms with Crippen molar-refractivity contribution >= 4 is 36.6 Å². The van der Waals surface area contributed by atoms with Crippen molar-refractivity contribution in [2.45, 2.75) is 12.5 Å². The Bertz CT molecular complexity index is 690. The molecule has 2 amide bonds. The van der Waals surface area contributed by atoms with Crippen LogP contribution in [0.5, 0.6) is 0 Å². The summed E-state index contributed by atoms with van der Waals surface area (Å²) in [6, 6.07) is 3.89. The molecule has 0 bridgehead atoms. The second kappa shape index (κ2) is 11.8. The first-order chi connectivity index (χ1) is 13.7. The largest absolute Gasteiger partial charge is 0.379 e. The normalized spacial score (nSPS) is 24.9. The average Bonchev–Trinajstić information content (AvgIpc) is 3.13. The standard InChI is InChI=1S/C20H29N5O3.2ClH/c26-19-12-17(15-24(19)7-6-23-8-10-28-11-9-23)20(27)25-5-4-22-14-18(25)16-2-1-3-21-13-16;;/h1-3,13,17-18,22H,4-12,14-15H2;2*1H. The molecule has 10 heteroatoms. The molecular weight excluding hydrogens is 429 g/mol. The zero-order valence-corrected chi connectivity index (χ0v) is 18.7. The molecule has 2 atom stereocenters. The van der Waals surface area contributed by atoms with Crippen molar-refractivity contribution in [2.75, 3.05) is 65.6 Å². The number of amides is 2. The molecule has 30 heavy (non-hydrogen) atoms. The summed E-state index contributed by atoms with van der Waals surface area (Å²) in [5, 5.41) is 3.37. The fourth-order valence-corrected chi connectivity index (χ4v) is 4.31. The maximum absolute atomic E-state index is 13.3. The number of nitrogens with zero attached hydrogens (tertiary/aromatic N) is 4. The number of carbonyl (C=O) groups excluding carboxylic acids is 2. The van der Waals surface area contributed by atoms with Crippen molar-refractivity contribution in [3.8, 4) is 0 Å². The zero-order chi connectivity index (χ0) is 19.3. The molecule has 168 valence electrons. The highest BCUT2D eigenvalue weighted by Gasteiger charge is 2.39. The van der Waals surface area contributed by atoms with Gasteiger partial charge in [0.1, 0.15) is 0 Å². The molecule has 3 fully saturated rings. The summed E-state index contributed by atoms with van der Waals surface area (Å²) in [7, 11) is 0. The summed E-state index contributed by atoms with van der Waals surface area (Å²) in [4.78, 5) is 36.1. The van der Waals surface area contributed by atoms with Crippen LogP contribution in [0.15, 0.2) is 24.5 Å². The van der Waals surface area contributed by atoms with Gasteiger partial charge < -0.3 is 19.9 Å². The zero-order valence-electron chi connectivity index (χ0n) is 17.1. The number of morpholine rings is 1. The third-order valence-corrected chi connectivity index (χ3v) is 5.95. The highest BCUT2D eigenvalue weighted by molar-refractivity contribution is 5.89. The highest BCUT2D eigenvalue weighted by atomic mass is 35.5. The molecule has 1 N–H and O–H groups in total. The second-order valence-electron chi connectivity index (χ2n) is 7.73. The molecule has 3 aliphatic rings. The van der Waals surface area contributed by atoms with Crippen LogP contribution in [0.2, 0.25) is 0 Å². The molecule has 3 aliphatic heterocycles. The van der Waals surface area contributed by atoms with Crippen LogP contribution in [-0.2, 0) is 14.3 Å².